The maximum absolute atomic E-state index is 11.2. The maximum Gasteiger partial charge on any atom is 0.280 e. The van der Waals surface area contributed by atoms with Crippen LogP contribution < -0.4 is 0 Å². The topological polar surface area (TPSA) is 43.4 Å². The van der Waals surface area contributed by atoms with Crippen molar-refractivity contribution in [2.45, 2.75) is 12.8 Å². The maximum atomic E-state index is 11.2. The summed E-state index contributed by atoms with van der Waals surface area (Å²) < 4.78 is 4.46. The van der Waals surface area contributed by atoms with E-state index in [0.29, 0.717) is 17.9 Å². The van der Waals surface area contributed by atoms with Gasteiger partial charge in [-0.15, -0.1) is 18.0 Å². The van der Waals surface area contributed by atoms with Crippen molar-refractivity contribution in [2.75, 3.05) is 13.0 Å². The fourth-order valence-electron chi connectivity index (χ4n) is 1.56. The van der Waals surface area contributed by atoms with Crippen molar-refractivity contribution < 1.29 is 31.4 Å². The van der Waals surface area contributed by atoms with Crippen molar-refractivity contribution in [1.29, 1.82) is 0 Å². The van der Waals surface area contributed by atoms with Gasteiger partial charge >= 0.3 is 0 Å². The second kappa shape index (κ2) is 11.3. The van der Waals surface area contributed by atoms with Crippen LogP contribution in [-0.2, 0) is 21.8 Å². The molecule has 0 radical (unpaired) electrons. The number of hydrogen-bond donors (Lipinski definition) is 0. The fraction of sp³-hybridized carbons (Fsp3) is 0.250. The SMILES string of the molecule is COC(=O)[c-]1cccc1.O=C(CCCCl)[c-]1[cH-][cH-][cH-][cH-]1.[Fe]. The second-order valence-corrected chi connectivity index (χ2v) is 4.43. The van der Waals surface area contributed by atoms with Crippen LogP contribution >= 0.6 is 11.6 Å². The molecule has 3 nitrogen and oxygen atoms in total. The van der Waals surface area contributed by atoms with Gasteiger partial charge < -0.3 is 39.4 Å². The number of hydrogen-bond acceptors (Lipinski definition) is 3. The Labute approximate surface area is 140 Å². The minimum atomic E-state index is -0.278. The van der Waals surface area contributed by atoms with Gasteiger partial charge in [0.25, 0.3) is 5.97 Å². The molecule has 0 saturated carbocycles. The van der Waals surface area contributed by atoms with Gasteiger partial charge in [0.2, 0.25) is 0 Å². The number of ether oxygens (including phenoxy) is 1. The Balaban J connectivity index is 0.000000370. The molecule has 0 saturated heterocycles. The smallest absolute Gasteiger partial charge is 0.280 e. The van der Waals surface area contributed by atoms with Crippen molar-refractivity contribution in [3.05, 3.63) is 59.7 Å². The largest absolute Gasteiger partial charge is 0.718 e. The van der Waals surface area contributed by atoms with Crippen LogP contribution in [0, 0.1) is 0 Å². The van der Waals surface area contributed by atoms with E-state index in [0.717, 1.165) is 12.0 Å². The van der Waals surface area contributed by atoms with E-state index in [1.54, 1.807) is 24.3 Å². The van der Waals surface area contributed by atoms with E-state index in [1.165, 1.54) is 7.11 Å². The van der Waals surface area contributed by atoms with Crippen LogP contribution in [0.15, 0.2) is 48.5 Å². The van der Waals surface area contributed by atoms with E-state index in [9.17, 15) is 9.59 Å². The molecule has 2 aromatic rings. The van der Waals surface area contributed by atoms with Gasteiger partial charge in [-0.3, -0.25) is 10.6 Å². The molecule has 0 N–H and O–H groups in total. The number of rotatable bonds is 5. The second-order valence-electron chi connectivity index (χ2n) is 4.05. The Morgan fingerprint density at radius 1 is 1.19 bits per heavy atom. The van der Waals surface area contributed by atoms with Gasteiger partial charge in [-0.25, -0.2) is 12.1 Å². The van der Waals surface area contributed by atoms with E-state index in [2.05, 4.69) is 4.74 Å². The first-order valence-electron chi connectivity index (χ1n) is 6.30. The molecule has 120 valence electrons. The summed E-state index contributed by atoms with van der Waals surface area (Å²) in [4.78, 5) is 21.9. The minimum absolute atomic E-state index is 0. The Hall–Kier alpha value is -1.35. The molecule has 0 unspecified atom stereocenters. The first-order chi connectivity index (χ1) is 9.69. The number of alkyl halides is 1. The third kappa shape index (κ3) is 7.28. The van der Waals surface area contributed by atoms with Gasteiger partial charge in [-0.05, 0) is 0 Å². The van der Waals surface area contributed by atoms with E-state index in [4.69, 9.17) is 11.6 Å². The van der Waals surface area contributed by atoms with E-state index in [-0.39, 0.29) is 28.8 Å². The van der Waals surface area contributed by atoms with Gasteiger partial charge in [0, 0.05) is 22.9 Å². The summed E-state index contributed by atoms with van der Waals surface area (Å²) in [5.74, 6) is 0.475. The molecule has 0 aliphatic carbocycles. The van der Waals surface area contributed by atoms with E-state index < -0.39 is 0 Å². The molecule has 21 heavy (non-hydrogen) atoms. The summed E-state index contributed by atoms with van der Waals surface area (Å²) in [5.41, 5.74) is 1.41. The van der Waals surface area contributed by atoms with Crippen molar-refractivity contribution in [3.8, 4) is 0 Å². The van der Waals surface area contributed by atoms with Crippen LogP contribution in [0.4, 0.5) is 0 Å². The van der Waals surface area contributed by atoms with Crippen LogP contribution in [0.25, 0.3) is 0 Å². The zero-order valence-electron chi connectivity index (χ0n) is 11.7. The predicted octanol–water partition coefficient (Wildman–Crippen LogP) is 3.80. The molecule has 0 spiro atoms. The van der Waals surface area contributed by atoms with Crippen molar-refractivity contribution in [1.82, 2.24) is 0 Å². The van der Waals surface area contributed by atoms with Crippen molar-refractivity contribution in [3.63, 3.8) is 0 Å². The standard InChI is InChI=1S/C9H10ClO.C7H7O2.Fe/c10-7-3-6-9(11)8-4-1-2-5-8;1-9-7(8)6-4-2-3-5-6;/h1-2,4-5H,3,6-7H2;2-5H,1H3;/q-5;-1;. The fourth-order valence-corrected chi connectivity index (χ4v) is 1.69. The number of carbonyl (C=O) groups excluding carboxylic acids is 2. The number of carbonyl (C=O) groups is 2. The first kappa shape index (κ1) is 19.6. The van der Waals surface area contributed by atoms with Crippen LogP contribution in [-0.4, -0.2) is 24.7 Å². The molecule has 0 fully saturated rings. The number of esters is 1. The molecule has 2 aromatic carbocycles. The third-order valence-corrected chi connectivity index (χ3v) is 2.87. The third-order valence-electron chi connectivity index (χ3n) is 2.61. The molecule has 0 atom stereocenters. The average molecular weight is 349 g/mol. The quantitative estimate of drug-likeness (QED) is 0.271. The van der Waals surface area contributed by atoms with Gasteiger partial charge in [0.15, 0.2) is 0 Å². The Morgan fingerprint density at radius 2 is 1.76 bits per heavy atom. The molecule has 5 heteroatoms. The van der Waals surface area contributed by atoms with Crippen LogP contribution in [0.3, 0.4) is 0 Å². The summed E-state index contributed by atoms with van der Waals surface area (Å²) in [6, 6.07) is 14.4. The monoisotopic (exact) mass is 348 g/mol. The number of halogens is 1. The molecule has 0 aromatic heterocycles. The van der Waals surface area contributed by atoms with E-state index >= 15 is 0 Å². The van der Waals surface area contributed by atoms with Crippen LogP contribution in [0.5, 0.6) is 0 Å². The molecule has 0 aliphatic rings. The van der Waals surface area contributed by atoms with Gasteiger partial charge in [0.05, 0.1) is 7.11 Å². The van der Waals surface area contributed by atoms with Gasteiger partial charge in [0.1, 0.15) is 0 Å². The van der Waals surface area contributed by atoms with Crippen molar-refractivity contribution >= 4 is 23.4 Å². The summed E-state index contributed by atoms with van der Waals surface area (Å²) >= 11 is 5.45. The Bertz CT molecular complexity index is 504. The average Bonchev–Trinajstić information content (AvgIpc) is 3.16. The van der Waals surface area contributed by atoms with Crippen LogP contribution in [0.1, 0.15) is 33.6 Å². The molecular weight excluding hydrogens is 331 g/mol. The Morgan fingerprint density at radius 3 is 2.24 bits per heavy atom. The zero-order chi connectivity index (χ0) is 14.8. The molecule has 2 rings (SSSR count). The number of Topliss-reactive ketones (excluding diaryl/α,β-unsaturated/α-hetero) is 1. The van der Waals surface area contributed by atoms with Gasteiger partial charge in [-0.1, -0.05) is 12.0 Å². The molecular formula is C16H17ClFeO3-6. The number of methoxy groups -OCH3 is 1. The normalized spacial score (nSPS) is 9.05. The van der Waals surface area contributed by atoms with Gasteiger partial charge in [-0.2, -0.15) is 12.1 Å². The van der Waals surface area contributed by atoms with Crippen LogP contribution in [0.2, 0.25) is 0 Å². The van der Waals surface area contributed by atoms with E-state index in [1.807, 2.05) is 24.3 Å². The molecule has 0 amide bonds. The molecule has 0 heterocycles. The van der Waals surface area contributed by atoms with Crippen molar-refractivity contribution in [2.24, 2.45) is 0 Å². The summed E-state index contributed by atoms with van der Waals surface area (Å²) in [6.07, 6.45) is 1.33. The predicted molar refractivity (Wildman–Crippen MR) is 79.7 cm³/mol. The molecule has 0 aliphatic heterocycles. The summed E-state index contributed by atoms with van der Waals surface area (Å²) in [5, 5.41) is 0. The summed E-state index contributed by atoms with van der Waals surface area (Å²) in [7, 11) is 1.37. The minimum Gasteiger partial charge on any atom is -0.718 e. The summed E-state index contributed by atoms with van der Waals surface area (Å²) in [6.45, 7) is 0. The number of ketones is 1. The first-order valence-corrected chi connectivity index (χ1v) is 6.83. The Kier molecular flexibility index (Phi) is 10.6. The molecule has 0 bridgehead atoms. The zero-order valence-corrected chi connectivity index (χ0v) is 13.6.